The monoisotopic (exact) mass is 295 g/mol. The summed E-state index contributed by atoms with van der Waals surface area (Å²) in [6.45, 7) is 1.81. The molecular weight excluding hydrogens is 274 g/mol. The second-order valence-corrected chi connectivity index (χ2v) is 5.88. The average molecular weight is 295 g/mol. The Morgan fingerprint density at radius 3 is 2.58 bits per heavy atom. The van der Waals surface area contributed by atoms with Crippen LogP contribution in [0.2, 0.25) is 0 Å². The summed E-state index contributed by atoms with van der Waals surface area (Å²) in [5.74, 6) is 0. The summed E-state index contributed by atoms with van der Waals surface area (Å²) in [6, 6.07) is 0. The lowest BCUT2D eigenvalue weighted by atomic mass is 10.1. The van der Waals surface area contributed by atoms with Crippen molar-refractivity contribution < 1.29 is 22.7 Å². The summed E-state index contributed by atoms with van der Waals surface area (Å²) >= 11 is 0. The van der Waals surface area contributed by atoms with Gasteiger partial charge in [-0.1, -0.05) is 0 Å². The van der Waals surface area contributed by atoms with Crippen LogP contribution >= 0.6 is 0 Å². The number of piperidine rings is 1. The Morgan fingerprint density at radius 2 is 2.05 bits per heavy atom. The standard InChI is InChI=1S/C10H21N3O5S/c1-17-10(14)12-19(15,16)13-6-3-9(4-7-13)18-8-2-5-11/h9H,2-8,11H2,1H3,(H,12,14). The van der Waals surface area contributed by atoms with Crippen molar-refractivity contribution in [2.75, 3.05) is 33.4 Å². The van der Waals surface area contributed by atoms with Gasteiger partial charge in [-0.05, 0) is 25.8 Å². The van der Waals surface area contributed by atoms with Gasteiger partial charge in [-0.3, -0.25) is 0 Å². The van der Waals surface area contributed by atoms with Crippen molar-refractivity contribution in [3.05, 3.63) is 0 Å². The number of nitrogens with two attached hydrogens (primary N) is 1. The van der Waals surface area contributed by atoms with Gasteiger partial charge in [0, 0.05) is 19.7 Å². The van der Waals surface area contributed by atoms with Crippen LogP contribution in [0.25, 0.3) is 0 Å². The van der Waals surface area contributed by atoms with Crippen LogP contribution in [-0.4, -0.2) is 58.3 Å². The van der Waals surface area contributed by atoms with Crippen molar-refractivity contribution in [2.45, 2.75) is 25.4 Å². The zero-order valence-corrected chi connectivity index (χ0v) is 11.8. The minimum atomic E-state index is -3.81. The van der Waals surface area contributed by atoms with Gasteiger partial charge in [-0.2, -0.15) is 12.7 Å². The summed E-state index contributed by atoms with van der Waals surface area (Å²) in [5.41, 5.74) is 5.36. The third-order valence-electron chi connectivity index (χ3n) is 2.84. The van der Waals surface area contributed by atoms with Gasteiger partial charge in [-0.25, -0.2) is 9.52 Å². The number of ether oxygens (including phenoxy) is 2. The van der Waals surface area contributed by atoms with Crippen molar-refractivity contribution in [1.82, 2.24) is 9.03 Å². The van der Waals surface area contributed by atoms with E-state index in [0.29, 0.717) is 39.1 Å². The lowest BCUT2D eigenvalue weighted by molar-refractivity contribution is 0.0207. The molecule has 0 aromatic heterocycles. The molecule has 1 heterocycles. The smallest absolute Gasteiger partial charge is 0.421 e. The minimum Gasteiger partial charge on any atom is -0.452 e. The molecule has 0 radical (unpaired) electrons. The zero-order valence-electron chi connectivity index (χ0n) is 11.0. The molecule has 3 N–H and O–H groups in total. The molecule has 19 heavy (non-hydrogen) atoms. The van der Waals surface area contributed by atoms with E-state index in [0.717, 1.165) is 13.5 Å². The molecule has 0 spiro atoms. The molecule has 1 aliphatic rings. The molecule has 9 heteroatoms. The molecule has 1 amide bonds. The lowest BCUT2D eigenvalue weighted by Gasteiger charge is -2.30. The molecule has 1 fully saturated rings. The number of hydrogen-bond acceptors (Lipinski definition) is 6. The molecular formula is C10H21N3O5S. The highest BCUT2D eigenvalue weighted by atomic mass is 32.2. The highest BCUT2D eigenvalue weighted by molar-refractivity contribution is 7.87. The molecule has 1 aliphatic heterocycles. The van der Waals surface area contributed by atoms with Crippen LogP contribution in [0.1, 0.15) is 19.3 Å². The maximum Gasteiger partial charge on any atom is 0.421 e. The molecule has 0 unspecified atom stereocenters. The number of nitrogens with zero attached hydrogens (tertiary/aromatic N) is 1. The fraction of sp³-hybridized carbons (Fsp3) is 0.900. The summed E-state index contributed by atoms with van der Waals surface area (Å²) < 4.78 is 36.4. The Morgan fingerprint density at radius 1 is 1.42 bits per heavy atom. The molecule has 0 bridgehead atoms. The van der Waals surface area contributed by atoms with E-state index in [1.165, 1.54) is 4.31 Å². The third-order valence-corrected chi connectivity index (χ3v) is 4.31. The molecule has 1 rings (SSSR count). The zero-order chi connectivity index (χ0) is 14.3. The molecule has 0 aromatic carbocycles. The van der Waals surface area contributed by atoms with Gasteiger partial charge in [0.15, 0.2) is 0 Å². The van der Waals surface area contributed by atoms with E-state index in [4.69, 9.17) is 10.5 Å². The topological polar surface area (TPSA) is 111 Å². The van der Waals surface area contributed by atoms with Crippen molar-refractivity contribution in [1.29, 1.82) is 0 Å². The van der Waals surface area contributed by atoms with Crippen LogP contribution in [0.5, 0.6) is 0 Å². The highest BCUT2D eigenvalue weighted by Gasteiger charge is 2.29. The SMILES string of the molecule is COC(=O)NS(=O)(=O)N1CCC(OCCCN)CC1. The van der Waals surface area contributed by atoms with Gasteiger partial charge in [0.25, 0.3) is 0 Å². The van der Waals surface area contributed by atoms with E-state index in [2.05, 4.69) is 4.74 Å². The van der Waals surface area contributed by atoms with E-state index in [9.17, 15) is 13.2 Å². The number of methoxy groups -OCH3 is 1. The number of carbonyl (C=O) groups is 1. The molecule has 8 nitrogen and oxygen atoms in total. The minimum absolute atomic E-state index is 0.0520. The summed E-state index contributed by atoms with van der Waals surface area (Å²) in [7, 11) is -2.70. The number of rotatable bonds is 6. The second-order valence-electron chi connectivity index (χ2n) is 4.21. The van der Waals surface area contributed by atoms with E-state index in [1.807, 2.05) is 4.72 Å². The van der Waals surface area contributed by atoms with Crippen molar-refractivity contribution >= 4 is 16.3 Å². The Balaban J connectivity index is 2.38. The predicted octanol–water partition coefficient (Wildman–Crippen LogP) is -0.583. The van der Waals surface area contributed by atoms with Crippen molar-refractivity contribution in [2.24, 2.45) is 5.73 Å². The third kappa shape index (κ3) is 5.31. The molecule has 0 aliphatic carbocycles. The summed E-state index contributed by atoms with van der Waals surface area (Å²) in [6.07, 6.45) is 1.07. The Kier molecular flexibility index (Phi) is 6.49. The normalized spacial score (nSPS) is 18.2. The number of hydrogen-bond donors (Lipinski definition) is 2. The van der Waals surface area contributed by atoms with Crippen molar-refractivity contribution in [3.63, 3.8) is 0 Å². The van der Waals surface area contributed by atoms with Gasteiger partial charge in [-0.15, -0.1) is 0 Å². The van der Waals surface area contributed by atoms with Crippen LogP contribution in [0, 0.1) is 0 Å². The number of nitrogens with one attached hydrogen (secondary N) is 1. The maximum absolute atomic E-state index is 11.8. The van der Waals surface area contributed by atoms with Gasteiger partial charge in [0.1, 0.15) is 0 Å². The van der Waals surface area contributed by atoms with Gasteiger partial charge >= 0.3 is 16.3 Å². The number of carbonyl (C=O) groups excluding carboxylic acids is 1. The van der Waals surface area contributed by atoms with Crippen molar-refractivity contribution in [3.8, 4) is 0 Å². The van der Waals surface area contributed by atoms with Crippen LogP contribution in [0.3, 0.4) is 0 Å². The first-order valence-corrected chi connectivity index (χ1v) is 7.61. The maximum atomic E-state index is 11.8. The van der Waals surface area contributed by atoms with Gasteiger partial charge in [0.2, 0.25) is 0 Å². The Bertz CT molecular complexity index is 379. The number of amides is 1. The van der Waals surface area contributed by atoms with Crippen LogP contribution in [0.4, 0.5) is 4.79 Å². The summed E-state index contributed by atoms with van der Waals surface area (Å²) in [5, 5.41) is 0. The Hall–Kier alpha value is -0.900. The van der Waals surface area contributed by atoms with Gasteiger partial charge < -0.3 is 15.2 Å². The van der Waals surface area contributed by atoms with Crippen LogP contribution in [-0.2, 0) is 19.7 Å². The first-order valence-electron chi connectivity index (χ1n) is 6.17. The second kappa shape index (κ2) is 7.63. The molecule has 0 saturated carbocycles. The van der Waals surface area contributed by atoms with Crippen LogP contribution in [0.15, 0.2) is 0 Å². The highest BCUT2D eigenvalue weighted by Crippen LogP contribution is 2.16. The largest absolute Gasteiger partial charge is 0.452 e. The molecule has 1 saturated heterocycles. The average Bonchev–Trinajstić information content (AvgIpc) is 2.39. The fourth-order valence-electron chi connectivity index (χ4n) is 1.78. The van der Waals surface area contributed by atoms with E-state index in [-0.39, 0.29) is 6.10 Å². The quantitative estimate of drug-likeness (QED) is 0.634. The molecule has 0 aromatic rings. The summed E-state index contributed by atoms with van der Waals surface area (Å²) in [4.78, 5) is 10.9. The molecule has 0 atom stereocenters. The lowest BCUT2D eigenvalue weighted by Crippen LogP contribution is -2.48. The van der Waals surface area contributed by atoms with E-state index in [1.54, 1.807) is 0 Å². The fourth-order valence-corrected chi connectivity index (χ4v) is 2.90. The molecule has 112 valence electrons. The van der Waals surface area contributed by atoms with Gasteiger partial charge in [0.05, 0.1) is 13.2 Å². The van der Waals surface area contributed by atoms with E-state index < -0.39 is 16.3 Å². The first-order chi connectivity index (χ1) is 8.99. The first kappa shape index (κ1) is 16.2. The Labute approximate surface area is 113 Å². The van der Waals surface area contributed by atoms with Crippen LogP contribution < -0.4 is 10.5 Å². The predicted molar refractivity (Wildman–Crippen MR) is 68.7 cm³/mol. The van der Waals surface area contributed by atoms with E-state index >= 15 is 0 Å².